The second-order valence-electron chi connectivity index (χ2n) is 2.36. The zero-order valence-electron chi connectivity index (χ0n) is 6.27. The summed E-state index contributed by atoms with van der Waals surface area (Å²) in [6, 6.07) is 2.66. The van der Waals surface area contributed by atoms with Gasteiger partial charge in [0, 0.05) is 4.47 Å². The van der Waals surface area contributed by atoms with Crippen molar-refractivity contribution in [3.05, 3.63) is 33.5 Å². The Labute approximate surface area is 77.2 Å². The van der Waals surface area contributed by atoms with Gasteiger partial charge >= 0.3 is 5.97 Å². The molecular weight excluding hydrogens is 227 g/mol. The van der Waals surface area contributed by atoms with Gasteiger partial charge in [-0.2, -0.15) is 0 Å². The van der Waals surface area contributed by atoms with Crippen molar-refractivity contribution < 1.29 is 14.3 Å². The molecule has 1 rings (SSSR count). The Bertz CT molecular complexity index is 336. The van der Waals surface area contributed by atoms with Crippen molar-refractivity contribution in [2.45, 2.75) is 6.92 Å². The molecule has 1 N–H and O–H groups in total. The van der Waals surface area contributed by atoms with E-state index in [9.17, 15) is 9.18 Å². The summed E-state index contributed by atoms with van der Waals surface area (Å²) < 4.78 is 13.2. The van der Waals surface area contributed by atoms with E-state index in [1.54, 1.807) is 6.92 Å². The van der Waals surface area contributed by atoms with Crippen molar-refractivity contribution in [2.24, 2.45) is 0 Å². The largest absolute Gasteiger partial charge is 0.478 e. The van der Waals surface area contributed by atoms with E-state index < -0.39 is 11.8 Å². The highest BCUT2D eigenvalue weighted by molar-refractivity contribution is 9.10. The predicted molar refractivity (Wildman–Crippen MR) is 45.8 cm³/mol. The average molecular weight is 233 g/mol. The first-order chi connectivity index (χ1) is 5.54. The summed E-state index contributed by atoms with van der Waals surface area (Å²) in [7, 11) is 0. The highest BCUT2D eigenvalue weighted by Crippen LogP contribution is 2.23. The number of carboxylic acids is 1. The number of halogens is 2. The van der Waals surface area contributed by atoms with Crippen LogP contribution in [0.2, 0.25) is 0 Å². The zero-order valence-corrected chi connectivity index (χ0v) is 7.85. The van der Waals surface area contributed by atoms with Crippen LogP contribution < -0.4 is 0 Å². The van der Waals surface area contributed by atoms with E-state index in [0.29, 0.717) is 10.0 Å². The van der Waals surface area contributed by atoms with E-state index in [4.69, 9.17) is 5.11 Å². The number of aromatic carboxylic acids is 1. The van der Waals surface area contributed by atoms with E-state index >= 15 is 0 Å². The van der Waals surface area contributed by atoms with Crippen LogP contribution in [0.3, 0.4) is 0 Å². The van der Waals surface area contributed by atoms with Crippen LogP contribution in [0, 0.1) is 12.7 Å². The van der Waals surface area contributed by atoms with Gasteiger partial charge < -0.3 is 5.11 Å². The van der Waals surface area contributed by atoms with Crippen molar-refractivity contribution in [3.63, 3.8) is 0 Å². The first-order valence-electron chi connectivity index (χ1n) is 3.22. The SMILES string of the molecule is Cc1ccc(F)c(C(=O)O)c1Br. The molecule has 12 heavy (non-hydrogen) atoms. The molecule has 0 amide bonds. The third-order valence-electron chi connectivity index (χ3n) is 1.50. The molecule has 0 aliphatic rings. The number of hydrogen-bond donors (Lipinski definition) is 1. The van der Waals surface area contributed by atoms with Gasteiger partial charge in [0.15, 0.2) is 0 Å². The lowest BCUT2D eigenvalue weighted by molar-refractivity contribution is 0.0690. The van der Waals surface area contributed by atoms with Gasteiger partial charge in [-0.15, -0.1) is 0 Å². The lowest BCUT2D eigenvalue weighted by Gasteiger charge is -2.02. The van der Waals surface area contributed by atoms with E-state index in [1.807, 2.05) is 0 Å². The van der Waals surface area contributed by atoms with Crippen molar-refractivity contribution in [1.29, 1.82) is 0 Å². The Morgan fingerprint density at radius 1 is 1.58 bits per heavy atom. The maximum atomic E-state index is 12.9. The molecule has 0 radical (unpaired) electrons. The molecule has 0 saturated carbocycles. The molecule has 0 spiro atoms. The van der Waals surface area contributed by atoms with Crippen LogP contribution in [0.1, 0.15) is 15.9 Å². The third-order valence-corrected chi connectivity index (χ3v) is 2.52. The Kier molecular flexibility index (Phi) is 2.47. The molecule has 0 unspecified atom stereocenters. The molecule has 0 heterocycles. The summed E-state index contributed by atoms with van der Waals surface area (Å²) >= 11 is 3.01. The summed E-state index contributed by atoms with van der Waals surface area (Å²) in [5.41, 5.74) is 0.392. The monoisotopic (exact) mass is 232 g/mol. The maximum Gasteiger partial charge on any atom is 0.339 e. The topological polar surface area (TPSA) is 37.3 Å². The number of hydrogen-bond acceptors (Lipinski definition) is 1. The number of carbonyl (C=O) groups is 1. The minimum absolute atomic E-state index is 0.301. The third kappa shape index (κ3) is 1.48. The molecule has 0 bridgehead atoms. The van der Waals surface area contributed by atoms with Gasteiger partial charge in [0.2, 0.25) is 0 Å². The molecule has 2 nitrogen and oxygen atoms in total. The first kappa shape index (κ1) is 9.19. The minimum atomic E-state index is -1.26. The van der Waals surface area contributed by atoms with Gasteiger partial charge in [0.25, 0.3) is 0 Å². The molecule has 0 atom stereocenters. The second kappa shape index (κ2) is 3.23. The molecule has 0 fully saturated rings. The van der Waals surface area contributed by atoms with Gasteiger partial charge in [-0.1, -0.05) is 6.07 Å². The summed E-state index contributed by atoms with van der Waals surface area (Å²) in [6.45, 7) is 1.70. The fourth-order valence-electron chi connectivity index (χ4n) is 0.853. The number of benzene rings is 1. The van der Waals surface area contributed by atoms with Crippen molar-refractivity contribution in [1.82, 2.24) is 0 Å². The van der Waals surface area contributed by atoms with Crippen molar-refractivity contribution in [2.75, 3.05) is 0 Å². The highest BCUT2D eigenvalue weighted by Gasteiger charge is 2.15. The molecule has 0 aliphatic carbocycles. The molecule has 0 saturated heterocycles. The van der Waals surface area contributed by atoms with E-state index in [1.165, 1.54) is 6.07 Å². The Balaban J connectivity index is 3.43. The van der Waals surface area contributed by atoms with E-state index in [2.05, 4.69) is 15.9 Å². The lowest BCUT2D eigenvalue weighted by atomic mass is 10.1. The second-order valence-corrected chi connectivity index (χ2v) is 3.15. The maximum absolute atomic E-state index is 12.9. The molecule has 1 aromatic rings. The minimum Gasteiger partial charge on any atom is -0.478 e. The van der Waals surface area contributed by atoms with Crippen LogP contribution in [0.4, 0.5) is 4.39 Å². The highest BCUT2D eigenvalue weighted by atomic mass is 79.9. The number of aryl methyl sites for hydroxylation is 1. The normalized spacial score (nSPS) is 9.92. The molecular formula is C8H6BrFO2. The van der Waals surface area contributed by atoms with Gasteiger partial charge in [-0.25, -0.2) is 9.18 Å². The Morgan fingerprint density at radius 2 is 2.17 bits per heavy atom. The Hall–Kier alpha value is -0.900. The number of rotatable bonds is 1. The molecule has 1 aromatic carbocycles. The van der Waals surface area contributed by atoms with Crippen LogP contribution in [0.25, 0.3) is 0 Å². The number of carboxylic acid groups (broad SMARTS) is 1. The van der Waals surface area contributed by atoms with Crippen molar-refractivity contribution in [3.8, 4) is 0 Å². The van der Waals surface area contributed by atoms with Gasteiger partial charge in [-0.05, 0) is 34.5 Å². The van der Waals surface area contributed by atoms with Crippen LogP contribution in [0.5, 0.6) is 0 Å². The summed E-state index contributed by atoms with van der Waals surface area (Å²) in [6.07, 6.45) is 0. The van der Waals surface area contributed by atoms with Gasteiger partial charge in [0.05, 0.1) is 0 Å². The molecule has 64 valence electrons. The molecule has 4 heteroatoms. The summed E-state index contributed by atoms with van der Waals surface area (Å²) in [4.78, 5) is 10.5. The van der Waals surface area contributed by atoms with Crippen LogP contribution >= 0.6 is 15.9 Å². The fraction of sp³-hybridized carbons (Fsp3) is 0.125. The van der Waals surface area contributed by atoms with E-state index in [0.717, 1.165) is 6.07 Å². The summed E-state index contributed by atoms with van der Waals surface area (Å²) in [5.74, 6) is -1.98. The summed E-state index contributed by atoms with van der Waals surface area (Å²) in [5, 5.41) is 8.60. The van der Waals surface area contributed by atoms with Gasteiger partial charge in [0.1, 0.15) is 11.4 Å². The van der Waals surface area contributed by atoms with Crippen molar-refractivity contribution >= 4 is 21.9 Å². The molecule has 0 aromatic heterocycles. The Morgan fingerprint density at radius 3 is 2.58 bits per heavy atom. The predicted octanol–water partition coefficient (Wildman–Crippen LogP) is 2.59. The lowest BCUT2D eigenvalue weighted by Crippen LogP contribution is -2.02. The fourth-order valence-corrected chi connectivity index (χ4v) is 1.34. The van der Waals surface area contributed by atoms with Gasteiger partial charge in [-0.3, -0.25) is 0 Å². The first-order valence-corrected chi connectivity index (χ1v) is 4.01. The van der Waals surface area contributed by atoms with Crippen LogP contribution in [-0.4, -0.2) is 11.1 Å². The standard InChI is InChI=1S/C8H6BrFO2/c1-4-2-3-5(10)6(7(4)9)8(11)12/h2-3H,1H3,(H,11,12). The molecule has 0 aliphatic heterocycles. The zero-order chi connectivity index (χ0) is 9.30. The van der Waals surface area contributed by atoms with Crippen LogP contribution in [-0.2, 0) is 0 Å². The average Bonchev–Trinajstić information content (AvgIpc) is 1.97. The smallest absolute Gasteiger partial charge is 0.339 e. The quantitative estimate of drug-likeness (QED) is 0.809. The van der Waals surface area contributed by atoms with E-state index in [-0.39, 0.29) is 5.56 Å². The van der Waals surface area contributed by atoms with Crippen LogP contribution in [0.15, 0.2) is 16.6 Å².